The van der Waals surface area contributed by atoms with Gasteiger partial charge in [-0.1, -0.05) is 38.1 Å². The average Bonchev–Trinajstić information content (AvgIpc) is 2.47. The van der Waals surface area contributed by atoms with Gasteiger partial charge in [-0.05, 0) is 62.2 Å². The quantitative estimate of drug-likeness (QED) is 0.870. The molecule has 1 aliphatic heterocycles. The summed E-state index contributed by atoms with van der Waals surface area (Å²) in [5.41, 5.74) is 1.73. The average molecular weight is 261 g/mol. The van der Waals surface area contributed by atoms with E-state index < -0.39 is 5.60 Å². The van der Waals surface area contributed by atoms with Gasteiger partial charge in [-0.3, -0.25) is 0 Å². The molecule has 1 aromatic rings. The summed E-state index contributed by atoms with van der Waals surface area (Å²) < 4.78 is 0. The summed E-state index contributed by atoms with van der Waals surface area (Å²) in [4.78, 5) is 0. The van der Waals surface area contributed by atoms with E-state index in [2.05, 4.69) is 43.4 Å². The second kappa shape index (κ2) is 6.06. The molecule has 2 N–H and O–H groups in total. The lowest BCUT2D eigenvalue weighted by Gasteiger charge is -2.36. The van der Waals surface area contributed by atoms with Crippen molar-refractivity contribution in [3.05, 3.63) is 35.4 Å². The Morgan fingerprint density at radius 1 is 1.26 bits per heavy atom. The van der Waals surface area contributed by atoms with Gasteiger partial charge in [-0.15, -0.1) is 0 Å². The van der Waals surface area contributed by atoms with Crippen LogP contribution in [-0.4, -0.2) is 18.2 Å². The molecular weight excluding hydrogens is 234 g/mol. The van der Waals surface area contributed by atoms with Crippen molar-refractivity contribution in [2.24, 2.45) is 5.92 Å². The summed E-state index contributed by atoms with van der Waals surface area (Å²) in [6, 6.07) is 8.59. The maximum Gasteiger partial charge on any atom is 0.0897 e. The number of piperidine rings is 1. The highest BCUT2D eigenvalue weighted by molar-refractivity contribution is 5.29. The molecule has 1 aliphatic rings. The SMILES string of the molecule is CCC(C)c1ccc(C(C)(O)C2CCNCC2)cc1. The first-order chi connectivity index (χ1) is 9.05. The monoisotopic (exact) mass is 261 g/mol. The van der Waals surface area contributed by atoms with Crippen molar-refractivity contribution in [3.63, 3.8) is 0 Å². The van der Waals surface area contributed by atoms with Crippen molar-refractivity contribution in [1.82, 2.24) is 5.32 Å². The minimum atomic E-state index is -0.698. The molecule has 0 aliphatic carbocycles. The van der Waals surface area contributed by atoms with Crippen molar-refractivity contribution in [1.29, 1.82) is 0 Å². The smallest absolute Gasteiger partial charge is 0.0897 e. The maximum atomic E-state index is 10.9. The second-order valence-corrected chi connectivity index (χ2v) is 6.10. The zero-order valence-electron chi connectivity index (χ0n) is 12.4. The second-order valence-electron chi connectivity index (χ2n) is 6.10. The molecule has 1 fully saturated rings. The summed E-state index contributed by atoms with van der Waals surface area (Å²) in [5.74, 6) is 0.959. The van der Waals surface area contributed by atoms with Crippen LogP contribution in [0.25, 0.3) is 0 Å². The van der Waals surface area contributed by atoms with E-state index in [0.717, 1.165) is 37.9 Å². The van der Waals surface area contributed by atoms with Crippen molar-refractivity contribution in [2.45, 2.75) is 51.6 Å². The van der Waals surface area contributed by atoms with E-state index in [1.165, 1.54) is 5.56 Å². The fourth-order valence-corrected chi connectivity index (χ4v) is 3.00. The van der Waals surface area contributed by atoms with E-state index in [4.69, 9.17) is 0 Å². The molecule has 19 heavy (non-hydrogen) atoms. The third kappa shape index (κ3) is 3.18. The number of hydrogen-bond acceptors (Lipinski definition) is 2. The Balaban J connectivity index is 2.15. The Morgan fingerprint density at radius 2 is 1.84 bits per heavy atom. The maximum absolute atomic E-state index is 10.9. The molecule has 1 heterocycles. The van der Waals surface area contributed by atoms with E-state index in [0.29, 0.717) is 11.8 Å². The van der Waals surface area contributed by atoms with Gasteiger partial charge in [0.05, 0.1) is 5.60 Å². The summed E-state index contributed by atoms with van der Waals surface area (Å²) in [6.07, 6.45) is 3.27. The Kier molecular flexibility index (Phi) is 4.64. The molecule has 2 heteroatoms. The van der Waals surface area contributed by atoms with Crippen LogP contribution in [-0.2, 0) is 5.60 Å². The minimum absolute atomic E-state index is 0.364. The van der Waals surface area contributed by atoms with Gasteiger partial charge < -0.3 is 10.4 Å². The van der Waals surface area contributed by atoms with Crippen molar-refractivity contribution in [2.75, 3.05) is 13.1 Å². The van der Waals surface area contributed by atoms with Gasteiger partial charge in [0.25, 0.3) is 0 Å². The van der Waals surface area contributed by atoms with E-state index in [1.807, 2.05) is 6.92 Å². The lowest BCUT2D eigenvalue weighted by atomic mass is 9.77. The molecule has 2 atom stereocenters. The summed E-state index contributed by atoms with van der Waals surface area (Å²) >= 11 is 0. The Morgan fingerprint density at radius 3 is 2.37 bits per heavy atom. The number of hydrogen-bond donors (Lipinski definition) is 2. The first-order valence-corrected chi connectivity index (χ1v) is 7.59. The van der Waals surface area contributed by atoms with Gasteiger partial charge >= 0.3 is 0 Å². The largest absolute Gasteiger partial charge is 0.385 e. The molecule has 0 radical (unpaired) electrons. The van der Waals surface area contributed by atoms with Gasteiger partial charge in [-0.25, -0.2) is 0 Å². The van der Waals surface area contributed by atoms with Crippen LogP contribution >= 0.6 is 0 Å². The highest BCUT2D eigenvalue weighted by Crippen LogP contribution is 2.35. The van der Waals surface area contributed by atoms with Crippen LogP contribution in [0.15, 0.2) is 24.3 Å². The van der Waals surface area contributed by atoms with E-state index >= 15 is 0 Å². The summed E-state index contributed by atoms with van der Waals surface area (Å²) in [7, 11) is 0. The molecule has 0 saturated carbocycles. The number of benzene rings is 1. The Bertz CT molecular complexity index is 390. The van der Waals surface area contributed by atoms with Crippen LogP contribution in [0.4, 0.5) is 0 Å². The van der Waals surface area contributed by atoms with Gasteiger partial charge in [0.1, 0.15) is 0 Å². The van der Waals surface area contributed by atoms with Gasteiger partial charge in [-0.2, -0.15) is 0 Å². The van der Waals surface area contributed by atoms with Gasteiger partial charge in [0.2, 0.25) is 0 Å². The number of nitrogens with one attached hydrogen (secondary N) is 1. The molecule has 2 nitrogen and oxygen atoms in total. The van der Waals surface area contributed by atoms with Crippen LogP contribution in [0.5, 0.6) is 0 Å². The number of aliphatic hydroxyl groups is 1. The third-order valence-corrected chi connectivity index (χ3v) is 4.81. The third-order valence-electron chi connectivity index (χ3n) is 4.81. The molecule has 2 rings (SSSR count). The number of rotatable bonds is 4. The molecule has 2 unspecified atom stereocenters. The highest BCUT2D eigenvalue weighted by Gasteiger charge is 2.34. The Labute approximate surface area is 117 Å². The van der Waals surface area contributed by atoms with Crippen molar-refractivity contribution < 1.29 is 5.11 Å². The van der Waals surface area contributed by atoms with Crippen molar-refractivity contribution >= 4 is 0 Å². The summed E-state index contributed by atoms with van der Waals surface area (Å²) in [6.45, 7) is 8.47. The van der Waals surface area contributed by atoms with E-state index in [9.17, 15) is 5.11 Å². The fraction of sp³-hybridized carbons (Fsp3) is 0.647. The van der Waals surface area contributed by atoms with E-state index in [1.54, 1.807) is 0 Å². The molecule has 0 amide bonds. The molecule has 106 valence electrons. The van der Waals surface area contributed by atoms with Gasteiger partial charge in [0, 0.05) is 0 Å². The predicted octanol–water partition coefficient (Wildman–Crippen LogP) is 3.41. The molecular formula is C17H27NO. The molecule has 0 spiro atoms. The molecule has 0 bridgehead atoms. The van der Waals surface area contributed by atoms with Crippen molar-refractivity contribution in [3.8, 4) is 0 Å². The lowest BCUT2D eigenvalue weighted by Crippen LogP contribution is -2.39. The molecule has 0 aromatic heterocycles. The first-order valence-electron chi connectivity index (χ1n) is 7.59. The zero-order chi connectivity index (χ0) is 13.9. The fourth-order valence-electron chi connectivity index (χ4n) is 3.00. The van der Waals surface area contributed by atoms with Gasteiger partial charge in [0.15, 0.2) is 0 Å². The normalized spacial score (nSPS) is 21.9. The van der Waals surface area contributed by atoms with Crippen LogP contribution in [0.3, 0.4) is 0 Å². The molecule has 1 aromatic carbocycles. The Hall–Kier alpha value is -0.860. The molecule has 1 saturated heterocycles. The topological polar surface area (TPSA) is 32.3 Å². The summed E-state index contributed by atoms with van der Waals surface area (Å²) in [5, 5.41) is 14.2. The van der Waals surface area contributed by atoms with Crippen LogP contribution < -0.4 is 5.32 Å². The van der Waals surface area contributed by atoms with Crippen LogP contribution in [0.1, 0.15) is 57.1 Å². The minimum Gasteiger partial charge on any atom is -0.385 e. The van der Waals surface area contributed by atoms with Crippen LogP contribution in [0.2, 0.25) is 0 Å². The van der Waals surface area contributed by atoms with E-state index in [-0.39, 0.29) is 0 Å². The van der Waals surface area contributed by atoms with Crippen LogP contribution in [0, 0.1) is 5.92 Å². The first kappa shape index (κ1) is 14.5. The standard InChI is InChI=1S/C17H27NO/c1-4-13(2)14-5-7-15(8-6-14)17(3,19)16-9-11-18-12-10-16/h5-8,13,16,18-19H,4,9-12H2,1-3H3. The predicted molar refractivity (Wildman–Crippen MR) is 80.3 cm³/mol. The zero-order valence-corrected chi connectivity index (χ0v) is 12.4. The highest BCUT2D eigenvalue weighted by atomic mass is 16.3. The lowest BCUT2D eigenvalue weighted by molar-refractivity contribution is -0.0186.